The van der Waals surface area contributed by atoms with Gasteiger partial charge < -0.3 is 4.90 Å². The van der Waals surface area contributed by atoms with Crippen LogP contribution < -0.4 is 4.90 Å². The predicted molar refractivity (Wildman–Crippen MR) is 110 cm³/mol. The molecule has 4 rings (SSSR count). The monoisotopic (exact) mass is 478 g/mol. The van der Waals surface area contributed by atoms with Crippen molar-refractivity contribution < 1.29 is 26.0 Å². The van der Waals surface area contributed by atoms with Gasteiger partial charge in [0.05, 0.1) is 39.9 Å². The molecule has 1 saturated heterocycles. The minimum absolute atomic E-state index is 0.0708. The number of anilines is 1. The van der Waals surface area contributed by atoms with Crippen LogP contribution >= 0.6 is 23.4 Å². The van der Waals surface area contributed by atoms with Gasteiger partial charge in [-0.1, -0.05) is 35.5 Å². The van der Waals surface area contributed by atoms with E-state index in [-0.39, 0.29) is 28.0 Å². The van der Waals surface area contributed by atoms with E-state index in [9.17, 15) is 26.0 Å². The van der Waals surface area contributed by atoms with Gasteiger partial charge in [0, 0.05) is 5.75 Å². The van der Waals surface area contributed by atoms with E-state index >= 15 is 0 Å². The normalized spacial score (nSPS) is 22.8. The van der Waals surface area contributed by atoms with Crippen molar-refractivity contribution in [1.82, 2.24) is 0 Å². The highest BCUT2D eigenvalue weighted by molar-refractivity contribution is 8.13. The maximum atomic E-state index is 13.3. The summed E-state index contributed by atoms with van der Waals surface area (Å²) in [6.45, 7) is 0. The van der Waals surface area contributed by atoms with Crippen LogP contribution in [-0.4, -0.2) is 37.2 Å². The summed E-state index contributed by atoms with van der Waals surface area (Å²) in [6.07, 6.45) is -4.57. The Morgan fingerprint density at radius 3 is 2.50 bits per heavy atom. The molecule has 0 radical (unpaired) electrons. The minimum atomic E-state index is -4.57. The van der Waals surface area contributed by atoms with Crippen LogP contribution in [0.5, 0.6) is 0 Å². The highest BCUT2D eigenvalue weighted by Crippen LogP contribution is 2.41. The summed E-state index contributed by atoms with van der Waals surface area (Å²) >= 11 is 7.47. The molecule has 2 aliphatic rings. The molecule has 2 aromatic rings. The minimum Gasteiger partial charge on any atom is -0.313 e. The predicted octanol–water partition coefficient (Wildman–Crippen LogP) is 4.77. The molecule has 2 aliphatic heterocycles. The molecule has 0 N–H and O–H groups in total. The van der Waals surface area contributed by atoms with Gasteiger partial charge in [0.2, 0.25) is 0 Å². The van der Waals surface area contributed by atoms with Crippen LogP contribution in [0.25, 0.3) is 0 Å². The van der Waals surface area contributed by atoms with Gasteiger partial charge in [-0.2, -0.15) is 13.2 Å². The molecular weight excluding hydrogens is 464 g/mol. The number of hydrogen-bond acceptors (Lipinski definition) is 5. The molecule has 0 amide bonds. The van der Waals surface area contributed by atoms with Crippen molar-refractivity contribution in [3.8, 4) is 0 Å². The second-order valence-corrected chi connectivity index (χ2v) is 10.6. The lowest BCUT2D eigenvalue weighted by atomic mass is 10.1. The highest BCUT2D eigenvalue weighted by atomic mass is 35.5. The maximum absolute atomic E-state index is 13.3. The standard InChI is InChI=1S/C19H15ClF4N2O2S2/c20-14-6-3-12(19(22,23)24)7-16(14)26-17-10-30(27,28)9-15(17)25-18(26)29-8-11-1-4-13(21)5-2-11/h1-7,15,17H,8-10H2/t15-,17+/m0/s1. The summed E-state index contributed by atoms with van der Waals surface area (Å²) in [7, 11) is -3.36. The largest absolute Gasteiger partial charge is 0.416 e. The lowest BCUT2D eigenvalue weighted by Crippen LogP contribution is -2.39. The fourth-order valence-corrected chi connectivity index (χ4v) is 6.64. The number of aliphatic imine (C=N–C) groups is 1. The molecule has 4 nitrogen and oxygen atoms in total. The number of fused-ring (bicyclic) bond motifs is 1. The molecular formula is C19H15ClF4N2O2S2. The van der Waals surface area contributed by atoms with Crippen LogP contribution in [0.1, 0.15) is 11.1 Å². The number of alkyl halides is 3. The number of benzene rings is 2. The molecule has 30 heavy (non-hydrogen) atoms. The van der Waals surface area contributed by atoms with Crippen LogP contribution in [0.4, 0.5) is 23.2 Å². The van der Waals surface area contributed by atoms with E-state index in [1.807, 2.05) is 0 Å². The van der Waals surface area contributed by atoms with Crippen molar-refractivity contribution >= 4 is 44.1 Å². The molecule has 2 atom stereocenters. The van der Waals surface area contributed by atoms with Crippen LogP contribution in [-0.2, 0) is 21.8 Å². The van der Waals surface area contributed by atoms with Crippen LogP contribution in [0.2, 0.25) is 5.02 Å². The third-order valence-electron chi connectivity index (χ3n) is 4.92. The number of nitrogens with zero attached hydrogens (tertiary/aromatic N) is 2. The molecule has 1 fully saturated rings. The topological polar surface area (TPSA) is 49.7 Å². The van der Waals surface area contributed by atoms with E-state index in [2.05, 4.69) is 4.99 Å². The average Bonchev–Trinajstić information content (AvgIpc) is 3.12. The third-order valence-corrected chi connectivity index (χ3v) is 7.98. The summed E-state index contributed by atoms with van der Waals surface area (Å²) in [5.74, 6) is -0.364. The zero-order valence-corrected chi connectivity index (χ0v) is 17.6. The first-order valence-corrected chi connectivity index (χ1v) is 12.0. The van der Waals surface area contributed by atoms with Crippen molar-refractivity contribution in [2.75, 3.05) is 16.4 Å². The highest BCUT2D eigenvalue weighted by Gasteiger charge is 2.48. The SMILES string of the molecule is O=S1(=O)C[C@@H]2N=C(SCc3ccc(F)cc3)N(c3cc(C(F)(F)F)ccc3Cl)[C@@H]2C1. The lowest BCUT2D eigenvalue weighted by Gasteiger charge is -2.28. The van der Waals surface area contributed by atoms with E-state index in [4.69, 9.17) is 11.6 Å². The molecule has 2 heterocycles. The summed E-state index contributed by atoms with van der Waals surface area (Å²) in [5.41, 5.74) is -0.0144. The summed E-state index contributed by atoms with van der Waals surface area (Å²) in [4.78, 5) is 5.98. The van der Waals surface area contributed by atoms with Crippen molar-refractivity contribution in [2.24, 2.45) is 4.99 Å². The van der Waals surface area contributed by atoms with E-state index in [1.54, 1.807) is 12.1 Å². The number of halogens is 5. The number of hydrogen-bond donors (Lipinski definition) is 0. The average molecular weight is 479 g/mol. The summed E-state index contributed by atoms with van der Waals surface area (Å²) < 4.78 is 77.1. The number of thioether (sulfide) groups is 1. The molecule has 0 unspecified atom stereocenters. The zero-order valence-electron chi connectivity index (χ0n) is 15.2. The van der Waals surface area contributed by atoms with Crippen LogP contribution in [0.15, 0.2) is 47.5 Å². The van der Waals surface area contributed by atoms with Gasteiger partial charge in [0.25, 0.3) is 0 Å². The van der Waals surface area contributed by atoms with Crippen molar-refractivity contribution in [2.45, 2.75) is 24.0 Å². The van der Waals surface area contributed by atoms with E-state index in [1.165, 1.54) is 28.8 Å². The Labute approximate surface area is 179 Å². The fraction of sp³-hybridized carbons (Fsp3) is 0.316. The molecule has 0 aliphatic carbocycles. The maximum Gasteiger partial charge on any atom is 0.416 e. The molecule has 0 spiro atoms. The van der Waals surface area contributed by atoms with Gasteiger partial charge in [-0.25, -0.2) is 12.8 Å². The Morgan fingerprint density at radius 1 is 1.13 bits per heavy atom. The molecule has 0 aromatic heterocycles. The molecule has 11 heteroatoms. The van der Waals surface area contributed by atoms with E-state index in [0.29, 0.717) is 10.9 Å². The first-order valence-electron chi connectivity index (χ1n) is 8.85. The molecule has 2 aromatic carbocycles. The van der Waals surface area contributed by atoms with Gasteiger partial charge in [-0.15, -0.1) is 0 Å². The smallest absolute Gasteiger partial charge is 0.313 e. The summed E-state index contributed by atoms with van der Waals surface area (Å²) in [6, 6.07) is 7.60. The molecule has 160 valence electrons. The quantitative estimate of drug-likeness (QED) is 0.596. The van der Waals surface area contributed by atoms with Gasteiger partial charge >= 0.3 is 6.18 Å². The fourth-order valence-electron chi connectivity index (χ4n) is 3.52. The van der Waals surface area contributed by atoms with Gasteiger partial charge in [-0.3, -0.25) is 4.99 Å². The number of amidine groups is 1. The summed E-state index contributed by atoms with van der Waals surface area (Å²) in [5, 5.41) is 0.466. The van der Waals surface area contributed by atoms with Crippen molar-refractivity contribution in [1.29, 1.82) is 0 Å². The lowest BCUT2D eigenvalue weighted by molar-refractivity contribution is -0.137. The molecule has 0 saturated carbocycles. The number of rotatable bonds is 3. The van der Waals surface area contributed by atoms with E-state index in [0.717, 1.165) is 23.8 Å². The first-order chi connectivity index (χ1) is 14.0. The number of sulfone groups is 1. The van der Waals surface area contributed by atoms with Crippen LogP contribution in [0, 0.1) is 5.82 Å². The zero-order chi connectivity index (χ0) is 21.7. The van der Waals surface area contributed by atoms with Gasteiger partial charge in [0.1, 0.15) is 5.82 Å². The molecule has 0 bridgehead atoms. The van der Waals surface area contributed by atoms with Gasteiger partial charge in [-0.05, 0) is 35.9 Å². The van der Waals surface area contributed by atoms with Crippen LogP contribution in [0.3, 0.4) is 0 Å². The third kappa shape index (κ3) is 4.31. The second kappa shape index (κ2) is 7.72. The van der Waals surface area contributed by atoms with Crippen molar-refractivity contribution in [3.63, 3.8) is 0 Å². The van der Waals surface area contributed by atoms with Crippen molar-refractivity contribution in [3.05, 3.63) is 64.4 Å². The Kier molecular flexibility index (Phi) is 5.52. The van der Waals surface area contributed by atoms with Gasteiger partial charge in [0.15, 0.2) is 15.0 Å². The Balaban J connectivity index is 1.69. The Bertz CT molecular complexity index is 1100. The first kappa shape index (κ1) is 21.5. The Hall–Kier alpha value is -1.78. The van der Waals surface area contributed by atoms with E-state index < -0.39 is 33.7 Å². The second-order valence-electron chi connectivity index (χ2n) is 7.07. The Morgan fingerprint density at radius 2 is 1.83 bits per heavy atom.